The number of likely N-dealkylation sites (N-methyl/N-ethyl adjacent to an activating group) is 2. The zero-order chi connectivity index (χ0) is 41.0. The maximum absolute atomic E-state index is 12.3. The maximum atomic E-state index is 12.3. The van der Waals surface area contributed by atoms with E-state index in [9.17, 15) is 28.8 Å². The lowest BCUT2D eigenvalue weighted by Crippen LogP contribution is -2.32. The number of Topliss-reactive ketones (excluding diaryl/α,β-unsaturated/α-hetero) is 1. The summed E-state index contributed by atoms with van der Waals surface area (Å²) < 4.78 is 10.4. The Kier molecular flexibility index (Phi) is 19.5. The molecule has 312 valence electrons. The van der Waals surface area contributed by atoms with Crippen molar-refractivity contribution in [1.82, 2.24) is 41.0 Å². The molecule has 19 nitrogen and oxygen atoms in total. The highest BCUT2D eigenvalue weighted by atomic mass is 16.5. The van der Waals surface area contributed by atoms with E-state index in [0.717, 1.165) is 36.5 Å². The van der Waals surface area contributed by atoms with Crippen molar-refractivity contribution in [3.05, 3.63) is 23.4 Å². The highest BCUT2D eigenvalue weighted by Crippen LogP contribution is 2.32. The normalized spacial score (nSPS) is 15.8. The van der Waals surface area contributed by atoms with E-state index < -0.39 is 42.1 Å². The van der Waals surface area contributed by atoms with Crippen LogP contribution in [0.3, 0.4) is 0 Å². The first kappa shape index (κ1) is 45.6. The van der Waals surface area contributed by atoms with Gasteiger partial charge in [-0.3, -0.25) is 39.2 Å². The zero-order valence-corrected chi connectivity index (χ0v) is 32.7. The highest BCUT2D eigenvalue weighted by Gasteiger charge is 2.28. The summed E-state index contributed by atoms with van der Waals surface area (Å²) in [4.78, 5) is 80.1. The molecule has 2 aliphatic rings. The van der Waals surface area contributed by atoms with Crippen molar-refractivity contribution < 1.29 is 53.3 Å². The van der Waals surface area contributed by atoms with Crippen molar-refractivity contribution in [3.8, 4) is 0 Å². The van der Waals surface area contributed by atoms with Crippen LogP contribution in [0, 0.1) is 11.8 Å². The number of hydrogen-bond acceptors (Lipinski definition) is 14. The molecule has 5 N–H and O–H groups in total. The summed E-state index contributed by atoms with van der Waals surface area (Å²) in [6.45, 7) is 0.863. The number of carboxylic acid groups (broad SMARTS) is 1. The largest absolute Gasteiger partial charge is 0.480 e. The van der Waals surface area contributed by atoms with E-state index in [-0.39, 0.29) is 54.5 Å². The Hall–Kier alpha value is -4.78. The molecule has 56 heavy (non-hydrogen) atoms. The number of hydrogen-bond donors (Lipinski definition) is 5. The van der Waals surface area contributed by atoms with Gasteiger partial charge in [-0.25, -0.2) is 11.0 Å². The number of rotatable bonds is 20. The van der Waals surface area contributed by atoms with Gasteiger partial charge in [-0.2, -0.15) is 9.97 Å². The van der Waals surface area contributed by atoms with Gasteiger partial charge in [0, 0.05) is 38.8 Å². The van der Waals surface area contributed by atoms with Gasteiger partial charge in [-0.1, -0.05) is 100 Å². The van der Waals surface area contributed by atoms with Crippen LogP contribution in [0.1, 0.15) is 167 Å². The van der Waals surface area contributed by atoms with Gasteiger partial charge in [0.05, 0.1) is 6.54 Å². The van der Waals surface area contributed by atoms with Crippen LogP contribution < -0.4 is 11.0 Å². The van der Waals surface area contributed by atoms with Gasteiger partial charge in [0.2, 0.25) is 23.6 Å². The van der Waals surface area contributed by atoms with Gasteiger partial charge in [0.1, 0.15) is 12.3 Å². The van der Waals surface area contributed by atoms with Crippen molar-refractivity contribution in [2.24, 2.45) is 11.8 Å². The number of hydroxylamine groups is 2. The van der Waals surface area contributed by atoms with Crippen molar-refractivity contribution in [2.75, 3.05) is 27.2 Å². The molecule has 0 aromatic carbocycles. The molecule has 19 heteroatoms. The fourth-order valence-corrected chi connectivity index (χ4v) is 7.42. The van der Waals surface area contributed by atoms with E-state index in [4.69, 9.17) is 24.6 Å². The van der Waals surface area contributed by atoms with Gasteiger partial charge in [0.25, 0.3) is 23.5 Å². The van der Waals surface area contributed by atoms with Crippen molar-refractivity contribution in [2.45, 2.75) is 134 Å². The minimum atomic E-state index is -1.15. The first-order valence-corrected chi connectivity index (χ1v) is 19.6. The molecule has 2 aromatic rings. The van der Waals surface area contributed by atoms with Crippen LogP contribution >= 0.6 is 0 Å². The lowest BCUT2D eigenvalue weighted by atomic mass is 9.84. The number of carboxylic acids is 1. The number of aromatic nitrogens is 4. The number of carbonyl (C=O) groups excluding carboxylic acids is 5. The molecule has 4 rings (SSSR count). The molecule has 2 saturated carbocycles. The predicted molar refractivity (Wildman–Crippen MR) is 196 cm³/mol. The lowest BCUT2D eigenvalue weighted by molar-refractivity contribution is -0.137. The summed E-state index contributed by atoms with van der Waals surface area (Å²) in [6.07, 6.45) is 17.8. The third kappa shape index (κ3) is 15.8. The maximum Gasteiger partial charge on any atom is 0.323 e. The molecular weight excluding hydrogens is 732 g/mol. The van der Waals surface area contributed by atoms with Crippen molar-refractivity contribution in [3.63, 3.8) is 0 Å². The topological polar surface area (TPSA) is 271 Å². The second kappa shape index (κ2) is 24.0. The number of aliphatic carboxylic acids is 1. The third-order valence-corrected chi connectivity index (χ3v) is 10.4. The molecule has 4 amide bonds. The molecule has 0 saturated heterocycles. The molecule has 2 aromatic heterocycles. The van der Waals surface area contributed by atoms with Crippen LogP contribution in [-0.2, 0) is 19.2 Å². The Morgan fingerprint density at radius 1 is 0.679 bits per heavy atom. The first-order valence-electron chi connectivity index (χ1n) is 19.6. The fraction of sp³-hybridized carbons (Fsp3) is 0.730. The number of amides is 4. The van der Waals surface area contributed by atoms with E-state index in [2.05, 4.69) is 20.3 Å². The molecule has 2 aliphatic carbocycles. The Labute approximate surface area is 326 Å². The smallest absolute Gasteiger partial charge is 0.323 e. The van der Waals surface area contributed by atoms with Gasteiger partial charge in [-0.15, -0.1) is 0 Å². The molecular formula is C37H58N8O11. The van der Waals surface area contributed by atoms with Crippen LogP contribution in [0.15, 0.2) is 9.05 Å². The Morgan fingerprint density at radius 2 is 1.07 bits per heavy atom. The van der Waals surface area contributed by atoms with Crippen LogP contribution in [0.25, 0.3) is 0 Å². The van der Waals surface area contributed by atoms with Crippen LogP contribution in [0.2, 0.25) is 0 Å². The number of ketones is 1. The SMILES string of the molecule is CC(=O)CN(C)C(=O)c1noc([C@H](CCCC2CCCCC2)CC(=O)NO)n1.CN(CC(=O)O)C(=O)c1noc([C@H](CCCC2CCCCC2)CC(=O)NO)n1. The van der Waals surface area contributed by atoms with Crippen molar-refractivity contribution >= 4 is 35.4 Å². The second-order valence-corrected chi connectivity index (χ2v) is 15.1. The first-order chi connectivity index (χ1) is 26.8. The Bertz CT molecular complexity index is 1450. The molecule has 2 atom stereocenters. The second-order valence-electron chi connectivity index (χ2n) is 15.1. The number of nitrogens with zero attached hydrogens (tertiary/aromatic N) is 6. The minimum absolute atomic E-state index is 0.000273. The average molecular weight is 791 g/mol. The van der Waals surface area contributed by atoms with Gasteiger partial charge >= 0.3 is 5.97 Å². The summed E-state index contributed by atoms with van der Waals surface area (Å²) in [6, 6.07) is 0. The molecule has 0 spiro atoms. The van der Waals surface area contributed by atoms with Crippen LogP contribution in [0.5, 0.6) is 0 Å². The molecule has 2 fully saturated rings. The van der Waals surface area contributed by atoms with E-state index in [1.54, 1.807) is 11.0 Å². The minimum Gasteiger partial charge on any atom is -0.480 e. The van der Waals surface area contributed by atoms with E-state index in [0.29, 0.717) is 18.8 Å². The van der Waals surface area contributed by atoms with E-state index in [1.807, 2.05) is 0 Å². The number of nitrogens with one attached hydrogen (secondary N) is 2. The van der Waals surface area contributed by atoms with E-state index >= 15 is 0 Å². The molecule has 0 radical (unpaired) electrons. The monoisotopic (exact) mass is 790 g/mol. The van der Waals surface area contributed by atoms with Gasteiger partial charge in [-0.05, 0) is 31.6 Å². The van der Waals surface area contributed by atoms with Crippen molar-refractivity contribution in [1.29, 1.82) is 0 Å². The number of carbonyl (C=O) groups is 6. The predicted octanol–water partition coefficient (Wildman–Crippen LogP) is 4.42. The van der Waals surface area contributed by atoms with Crippen LogP contribution in [0.4, 0.5) is 0 Å². The lowest BCUT2D eigenvalue weighted by Gasteiger charge is -2.22. The van der Waals surface area contributed by atoms with Gasteiger partial charge < -0.3 is 24.0 Å². The standard InChI is InChI=1S/C19H30N4O5.C18H28N4O6/c1-13(24)12-23(2)19(26)17-20-18(28-22-17)15(11-16(25)21-27)10-6-9-14-7-4-3-5-8-14;1-22(11-15(24)25)18(26)16-19-17(28-21-16)13(10-14(23)20-27)9-5-8-12-6-3-2-4-7-12/h14-15,27H,3-12H2,1-2H3,(H,21,25);12-13,27H,2-11H2,1H3,(H,20,23)(H,24,25)/t15-;13-/m11/s1. The molecule has 0 aliphatic heterocycles. The summed E-state index contributed by atoms with van der Waals surface area (Å²) in [5.74, 6) is -3.03. The Morgan fingerprint density at radius 3 is 1.43 bits per heavy atom. The molecule has 0 unspecified atom stereocenters. The summed E-state index contributed by atoms with van der Waals surface area (Å²) in [5, 5.41) is 33.8. The molecule has 2 heterocycles. The summed E-state index contributed by atoms with van der Waals surface area (Å²) >= 11 is 0. The summed E-state index contributed by atoms with van der Waals surface area (Å²) in [5.41, 5.74) is 3.24. The van der Waals surface area contributed by atoms with Crippen LogP contribution in [-0.4, -0.2) is 108 Å². The fourth-order valence-electron chi connectivity index (χ4n) is 7.42. The Balaban J connectivity index is 0.000000300. The zero-order valence-electron chi connectivity index (χ0n) is 32.7. The third-order valence-electron chi connectivity index (χ3n) is 10.4. The van der Waals surface area contributed by atoms with Gasteiger partial charge in [0.15, 0.2) is 0 Å². The highest BCUT2D eigenvalue weighted by molar-refractivity contribution is 5.93. The summed E-state index contributed by atoms with van der Waals surface area (Å²) in [7, 11) is 2.81. The van der Waals surface area contributed by atoms with E-state index in [1.165, 1.54) is 90.1 Å². The average Bonchev–Trinajstić information content (AvgIpc) is 3.88. The molecule has 0 bridgehead atoms. The quantitative estimate of drug-likeness (QED) is 0.0918.